The molecule has 0 bridgehead atoms. The van der Waals surface area contributed by atoms with E-state index in [2.05, 4.69) is 0 Å². The predicted molar refractivity (Wildman–Crippen MR) is 55.5 cm³/mol. The summed E-state index contributed by atoms with van der Waals surface area (Å²) in [5.74, 6) is -0.934. The van der Waals surface area contributed by atoms with Crippen LogP contribution in [0.2, 0.25) is 0 Å². The van der Waals surface area contributed by atoms with Crippen LogP contribution in [0.4, 0.5) is 0 Å². The smallest absolute Gasteiger partial charge is 0.303 e. The van der Waals surface area contributed by atoms with Crippen LogP contribution in [0.15, 0.2) is 24.3 Å². The number of carboxylic acids is 1. The first-order chi connectivity index (χ1) is 7.06. The normalized spacial score (nSPS) is 13.4. The van der Waals surface area contributed by atoms with Gasteiger partial charge in [-0.05, 0) is 30.7 Å². The number of hydrogen-bond donors (Lipinski definition) is 1. The molecule has 0 saturated heterocycles. The second-order valence-electron chi connectivity index (χ2n) is 2.97. The van der Waals surface area contributed by atoms with E-state index in [1.807, 2.05) is 6.92 Å². The SMILES string of the molecule is CCCCC(=O)O.O=C1C=CC(=O)C=C1. The van der Waals surface area contributed by atoms with Gasteiger partial charge in [-0.25, -0.2) is 0 Å². The van der Waals surface area contributed by atoms with Gasteiger partial charge in [0.05, 0.1) is 0 Å². The molecule has 4 heteroatoms. The van der Waals surface area contributed by atoms with E-state index in [1.165, 1.54) is 24.3 Å². The first-order valence-corrected chi connectivity index (χ1v) is 4.72. The average molecular weight is 210 g/mol. The van der Waals surface area contributed by atoms with E-state index in [0.29, 0.717) is 6.42 Å². The van der Waals surface area contributed by atoms with Crippen molar-refractivity contribution in [3.63, 3.8) is 0 Å². The summed E-state index contributed by atoms with van der Waals surface area (Å²) in [6, 6.07) is 0. The number of carbonyl (C=O) groups excluding carboxylic acids is 2. The van der Waals surface area contributed by atoms with Gasteiger partial charge in [-0.2, -0.15) is 0 Å². The summed E-state index contributed by atoms with van der Waals surface area (Å²) in [6.45, 7) is 1.98. The van der Waals surface area contributed by atoms with Crippen LogP contribution >= 0.6 is 0 Å². The second-order valence-corrected chi connectivity index (χ2v) is 2.97. The Morgan fingerprint density at radius 1 is 1.13 bits per heavy atom. The molecule has 0 aliphatic heterocycles. The minimum absolute atomic E-state index is 0.121. The van der Waals surface area contributed by atoms with Crippen LogP contribution in [0.25, 0.3) is 0 Å². The zero-order valence-electron chi connectivity index (χ0n) is 8.60. The standard InChI is InChI=1S/C6H4O2.C5H10O2/c7-5-1-2-6(8)4-3-5;1-2-3-4-5(6)7/h1-4H;2-4H2,1H3,(H,6,7). The van der Waals surface area contributed by atoms with E-state index in [0.717, 1.165) is 12.8 Å². The molecule has 0 amide bonds. The number of aliphatic carboxylic acids is 1. The third kappa shape index (κ3) is 8.62. The fraction of sp³-hybridized carbons (Fsp3) is 0.364. The average Bonchev–Trinajstić information content (AvgIpc) is 2.20. The highest BCUT2D eigenvalue weighted by atomic mass is 16.4. The second kappa shape index (κ2) is 7.67. The van der Waals surface area contributed by atoms with E-state index in [4.69, 9.17) is 5.11 Å². The molecule has 1 aliphatic carbocycles. The Hall–Kier alpha value is -1.71. The van der Waals surface area contributed by atoms with Crippen molar-refractivity contribution in [1.82, 2.24) is 0 Å². The van der Waals surface area contributed by atoms with Crippen LogP contribution in [-0.4, -0.2) is 22.6 Å². The summed E-state index contributed by atoms with van der Waals surface area (Å²) in [5, 5.41) is 8.04. The molecule has 0 heterocycles. The topological polar surface area (TPSA) is 71.4 Å². The lowest BCUT2D eigenvalue weighted by atomic mass is 10.2. The molecule has 0 unspecified atom stereocenters. The highest BCUT2D eigenvalue weighted by Gasteiger charge is 1.97. The Bertz CT molecular complexity index is 262. The zero-order chi connectivity index (χ0) is 11.7. The molecule has 1 rings (SSSR count). The van der Waals surface area contributed by atoms with Crippen molar-refractivity contribution in [1.29, 1.82) is 0 Å². The first kappa shape index (κ1) is 13.3. The minimum Gasteiger partial charge on any atom is -0.481 e. The van der Waals surface area contributed by atoms with Gasteiger partial charge in [0.2, 0.25) is 0 Å². The van der Waals surface area contributed by atoms with E-state index in [9.17, 15) is 14.4 Å². The zero-order valence-corrected chi connectivity index (χ0v) is 8.60. The molecule has 15 heavy (non-hydrogen) atoms. The van der Waals surface area contributed by atoms with E-state index < -0.39 is 5.97 Å². The Morgan fingerprint density at radius 3 is 1.73 bits per heavy atom. The van der Waals surface area contributed by atoms with Crippen molar-refractivity contribution in [3.8, 4) is 0 Å². The molecule has 82 valence electrons. The summed E-state index contributed by atoms with van der Waals surface area (Å²) in [6.07, 6.45) is 7.09. The van der Waals surface area contributed by atoms with Crippen LogP contribution < -0.4 is 0 Å². The van der Waals surface area contributed by atoms with Crippen molar-refractivity contribution < 1.29 is 19.5 Å². The monoisotopic (exact) mass is 210 g/mol. The van der Waals surface area contributed by atoms with Crippen LogP contribution in [0.3, 0.4) is 0 Å². The molecule has 0 saturated carbocycles. The van der Waals surface area contributed by atoms with Gasteiger partial charge in [-0.15, -0.1) is 0 Å². The van der Waals surface area contributed by atoms with Gasteiger partial charge in [0.25, 0.3) is 0 Å². The minimum atomic E-state index is -0.693. The number of ketones is 2. The summed E-state index contributed by atoms with van der Waals surface area (Å²) >= 11 is 0. The molecule has 0 atom stereocenters. The quantitative estimate of drug-likeness (QED) is 0.717. The van der Waals surface area contributed by atoms with Crippen molar-refractivity contribution in [2.75, 3.05) is 0 Å². The number of carbonyl (C=O) groups is 3. The van der Waals surface area contributed by atoms with Gasteiger partial charge >= 0.3 is 5.97 Å². The molecule has 1 aliphatic rings. The predicted octanol–water partition coefficient (Wildman–Crippen LogP) is 1.51. The van der Waals surface area contributed by atoms with Crippen LogP contribution in [0, 0.1) is 0 Å². The fourth-order valence-corrected chi connectivity index (χ4v) is 0.768. The summed E-state index contributed by atoms with van der Waals surface area (Å²) < 4.78 is 0. The summed E-state index contributed by atoms with van der Waals surface area (Å²) in [7, 11) is 0. The lowest BCUT2D eigenvalue weighted by Gasteiger charge is -1.87. The van der Waals surface area contributed by atoms with E-state index in [-0.39, 0.29) is 11.6 Å². The Balaban J connectivity index is 0.000000265. The molecule has 0 aromatic rings. The maximum Gasteiger partial charge on any atom is 0.303 e. The van der Waals surface area contributed by atoms with E-state index in [1.54, 1.807) is 0 Å². The number of allylic oxidation sites excluding steroid dienone is 4. The Labute approximate surface area is 88.3 Å². The molecule has 0 aromatic carbocycles. The third-order valence-electron chi connectivity index (χ3n) is 1.57. The van der Waals surface area contributed by atoms with Crippen molar-refractivity contribution in [3.05, 3.63) is 24.3 Å². The Morgan fingerprint density at radius 2 is 1.53 bits per heavy atom. The van der Waals surface area contributed by atoms with Gasteiger partial charge in [0, 0.05) is 6.42 Å². The van der Waals surface area contributed by atoms with Crippen molar-refractivity contribution >= 4 is 17.5 Å². The highest BCUT2D eigenvalue weighted by Crippen LogP contribution is 1.91. The fourth-order valence-electron chi connectivity index (χ4n) is 0.768. The molecular formula is C11H14O4. The summed E-state index contributed by atoms with van der Waals surface area (Å²) in [5.41, 5.74) is 0. The Kier molecular flexibility index (Phi) is 6.80. The first-order valence-electron chi connectivity index (χ1n) is 4.72. The van der Waals surface area contributed by atoms with Crippen LogP contribution in [0.5, 0.6) is 0 Å². The molecule has 0 fully saturated rings. The maximum atomic E-state index is 10.3. The highest BCUT2D eigenvalue weighted by molar-refractivity contribution is 6.14. The van der Waals surface area contributed by atoms with Gasteiger partial charge in [-0.1, -0.05) is 13.3 Å². The van der Waals surface area contributed by atoms with Crippen molar-refractivity contribution in [2.24, 2.45) is 0 Å². The number of hydrogen-bond acceptors (Lipinski definition) is 3. The molecule has 0 aromatic heterocycles. The maximum absolute atomic E-state index is 10.3. The van der Waals surface area contributed by atoms with Crippen LogP contribution in [-0.2, 0) is 14.4 Å². The van der Waals surface area contributed by atoms with Crippen LogP contribution in [0.1, 0.15) is 26.2 Å². The van der Waals surface area contributed by atoms with Gasteiger partial charge in [0.15, 0.2) is 11.6 Å². The molecule has 0 spiro atoms. The number of carboxylic acid groups (broad SMARTS) is 1. The molecule has 0 radical (unpaired) electrons. The van der Waals surface area contributed by atoms with Gasteiger partial charge in [-0.3, -0.25) is 14.4 Å². The lowest BCUT2D eigenvalue weighted by Crippen LogP contribution is -1.97. The van der Waals surface area contributed by atoms with Gasteiger partial charge in [0.1, 0.15) is 0 Å². The largest absolute Gasteiger partial charge is 0.481 e. The van der Waals surface area contributed by atoms with Gasteiger partial charge < -0.3 is 5.11 Å². The lowest BCUT2D eigenvalue weighted by molar-refractivity contribution is -0.137. The number of rotatable bonds is 3. The molecule has 1 N–H and O–H groups in total. The number of unbranched alkanes of at least 4 members (excludes halogenated alkanes) is 1. The molecular weight excluding hydrogens is 196 g/mol. The van der Waals surface area contributed by atoms with E-state index >= 15 is 0 Å². The third-order valence-corrected chi connectivity index (χ3v) is 1.57. The van der Waals surface area contributed by atoms with Crippen molar-refractivity contribution in [2.45, 2.75) is 26.2 Å². The molecule has 4 nitrogen and oxygen atoms in total. The summed E-state index contributed by atoms with van der Waals surface area (Å²) in [4.78, 5) is 30.3.